The van der Waals surface area contributed by atoms with E-state index in [1.165, 1.54) is 12.3 Å². The molecule has 27 heavy (non-hydrogen) atoms. The number of piperidine rings is 1. The zero-order valence-corrected chi connectivity index (χ0v) is 16.1. The number of nitrogens with zero attached hydrogens (tertiary/aromatic N) is 3. The number of piperazine rings is 1. The van der Waals surface area contributed by atoms with Crippen LogP contribution in [0.1, 0.15) is 37.2 Å². The van der Waals surface area contributed by atoms with Gasteiger partial charge in [0.25, 0.3) is 5.91 Å². The van der Waals surface area contributed by atoms with Gasteiger partial charge in [0.2, 0.25) is 0 Å². The molecule has 1 aromatic rings. The van der Waals surface area contributed by atoms with Gasteiger partial charge in [-0.25, -0.2) is 9.78 Å². The average molecular weight is 375 g/mol. The van der Waals surface area contributed by atoms with Crippen LogP contribution in [0, 0.1) is 5.92 Å². The molecule has 8 nitrogen and oxygen atoms in total. The summed E-state index contributed by atoms with van der Waals surface area (Å²) in [6.45, 7) is 8.73. The van der Waals surface area contributed by atoms with Crippen molar-refractivity contribution < 1.29 is 14.3 Å². The second-order valence-corrected chi connectivity index (χ2v) is 7.55. The molecule has 1 atom stereocenters. The number of nitrogens with two attached hydrogens (primary N) is 1. The lowest BCUT2D eigenvalue weighted by atomic mass is 9.87. The molecule has 0 aliphatic carbocycles. The SMILES string of the molecule is CC(C)N1CCN(C(=O)Oc2ccc(C(N)=O)nc2)C(C2CCNCC2)C1. The number of amides is 2. The second kappa shape index (κ2) is 8.67. The average Bonchev–Trinajstić information content (AvgIpc) is 2.68. The molecule has 1 unspecified atom stereocenters. The molecule has 2 aliphatic rings. The number of primary amides is 1. The van der Waals surface area contributed by atoms with Gasteiger partial charge in [-0.3, -0.25) is 9.69 Å². The summed E-state index contributed by atoms with van der Waals surface area (Å²) in [6, 6.07) is 3.62. The number of nitrogens with one attached hydrogen (secondary N) is 1. The largest absolute Gasteiger partial charge is 0.415 e. The lowest BCUT2D eigenvalue weighted by Crippen LogP contribution is -2.60. The molecular formula is C19H29N5O3. The van der Waals surface area contributed by atoms with E-state index in [1.807, 2.05) is 4.90 Å². The Morgan fingerprint density at radius 3 is 2.59 bits per heavy atom. The van der Waals surface area contributed by atoms with Crippen LogP contribution < -0.4 is 15.8 Å². The Morgan fingerprint density at radius 1 is 1.26 bits per heavy atom. The quantitative estimate of drug-likeness (QED) is 0.817. The van der Waals surface area contributed by atoms with Gasteiger partial charge >= 0.3 is 6.09 Å². The first kappa shape index (κ1) is 19.6. The van der Waals surface area contributed by atoms with Crippen LogP contribution in [-0.2, 0) is 0 Å². The van der Waals surface area contributed by atoms with Gasteiger partial charge in [-0.2, -0.15) is 0 Å². The van der Waals surface area contributed by atoms with Crippen LogP contribution in [0.2, 0.25) is 0 Å². The van der Waals surface area contributed by atoms with E-state index in [9.17, 15) is 9.59 Å². The van der Waals surface area contributed by atoms with Crippen LogP contribution >= 0.6 is 0 Å². The van der Waals surface area contributed by atoms with E-state index >= 15 is 0 Å². The number of pyridine rings is 1. The molecule has 3 rings (SSSR count). The van der Waals surface area contributed by atoms with E-state index in [0.717, 1.165) is 39.0 Å². The minimum atomic E-state index is -0.608. The molecule has 0 radical (unpaired) electrons. The van der Waals surface area contributed by atoms with E-state index in [0.29, 0.717) is 24.3 Å². The van der Waals surface area contributed by atoms with E-state index in [1.54, 1.807) is 6.07 Å². The summed E-state index contributed by atoms with van der Waals surface area (Å²) >= 11 is 0. The van der Waals surface area contributed by atoms with Crippen molar-refractivity contribution in [1.29, 1.82) is 0 Å². The molecule has 0 bridgehead atoms. The standard InChI is InChI=1S/C19H29N5O3/c1-13(2)23-9-10-24(17(12-23)14-5-7-21-8-6-14)19(26)27-15-3-4-16(18(20)25)22-11-15/h3-4,11,13-14,17,21H,5-10,12H2,1-2H3,(H2,20,25). The third-order valence-corrected chi connectivity index (χ3v) is 5.54. The summed E-state index contributed by atoms with van der Waals surface area (Å²) in [5, 5.41) is 3.39. The highest BCUT2D eigenvalue weighted by Crippen LogP contribution is 2.26. The maximum atomic E-state index is 12.9. The van der Waals surface area contributed by atoms with E-state index in [-0.39, 0.29) is 17.8 Å². The molecule has 2 amide bonds. The van der Waals surface area contributed by atoms with Crippen molar-refractivity contribution in [1.82, 2.24) is 20.1 Å². The number of carbonyl (C=O) groups is 2. The Kier molecular flexibility index (Phi) is 6.28. The van der Waals surface area contributed by atoms with Gasteiger partial charge in [0.15, 0.2) is 5.75 Å². The van der Waals surface area contributed by atoms with Gasteiger partial charge in [-0.1, -0.05) is 0 Å². The fourth-order valence-corrected chi connectivity index (χ4v) is 3.91. The summed E-state index contributed by atoms with van der Waals surface area (Å²) < 4.78 is 5.54. The second-order valence-electron chi connectivity index (χ2n) is 7.55. The minimum Gasteiger partial charge on any atom is -0.409 e. The van der Waals surface area contributed by atoms with E-state index < -0.39 is 5.91 Å². The Labute approximate surface area is 160 Å². The first-order valence-corrected chi connectivity index (χ1v) is 9.64. The molecule has 3 heterocycles. The fraction of sp³-hybridized carbons (Fsp3) is 0.632. The van der Waals surface area contributed by atoms with Crippen molar-refractivity contribution in [3.63, 3.8) is 0 Å². The lowest BCUT2D eigenvalue weighted by Gasteiger charge is -2.46. The molecule has 148 valence electrons. The zero-order valence-electron chi connectivity index (χ0n) is 16.1. The molecule has 0 saturated carbocycles. The van der Waals surface area contributed by atoms with Crippen molar-refractivity contribution in [3.8, 4) is 5.75 Å². The van der Waals surface area contributed by atoms with Gasteiger partial charge < -0.3 is 20.7 Å². The number of ether oxygens (including phenoxy) is 1. The van der Waals surface area contributed by atoms with Gasteiger partial charge in [0.1, 0.15) is 5.69 Å². The highest BCUT2D eigenvalue weighted by atomic mass is 16.6. The van der Waals surface area contributed by atoms with Crippen LogP contribution in [0.4, 0.5) is 4.79 Å². The summed E-state index contributed by atoms with van der Waals surface area (Å²) in [7, 11) is 0. The van der Waals surface area contributed by atoms with Gasteiger partial charge in [-0.15, -0.1) is 0 Å². The maximum Gasteiger partial charge on any atom is 0.415 e. The Balaban J connectivity index is 1.71. The van der Waals surface area contributed by atoms with Crippen molar-refractivity contribution in [2.45, 2.75) is 38.8 Å². The maximum absolute atomic E-state index is 12.9. The first-order chi connectivity index (χ1) is 13.0. The predicted molar refractivity (Wildman–Crippen MR) is 102 cm³/mol. The van der Waals surface area contributed by atoms with Crippen LogP contribution in [-0.4, -0.2) is 71.6 Å². The minimum absolute atomic E-state index is 0.146. The van der Waals surface area contributed by atoms with Gasteiger partial charge in [0, 0.05) is 25.7 Å². The van der Waals surface area contributed by atoms with Crippen molar-refractivity contribution in [2.75, 3.05) is 32.7 Å². The third-order valence-electron chi connectivity index (χ3n) is 5.54. The molecule has 0 spiro atoms. The summed E-state index contributed by atoms with van der Waals surface area (Å²) in [5.41, 5.74) is 5.34. The fourth-order valence-electron chi connectivity index (χ4n) is 3.91. The van der Waals surface area contributed by atoms with Crippen LogP contribution in [0.3, 0.4) is 0 Å². The molecule has 0 aromatic carbocycles. The Hall–Kier alpha value is -2.19. The van der Waals surface area contributed by atoms with Crippen molar-refractivity contribution >= 4 is 12.0 Å². The van der Waals surface area contributed by atoms with Crippen molar-refractivity contribution in [2.24, 2.45) is 11.7 Å². The molecule has 2 aliphatic heterocycles. The van der Waals surface area contributed by atoms with Crippen LogP contribution in [0.15, 0.2) is 18.3 Å². The molecule has 2 saturated heterocycles. The zero-order chi connectivity index (χ0) is 19.4. The number of aromatic nitrogens is 1. The Bertz CT molecular complexity index is 658. The molecule has 2 fully saturated rings. The van der Waals surface area contributed by atoms with Gasteiger partial charge in [0.05, 0.1) is 12.2 Å². The molecule has 8 heteroatoms. The summed E-state index contributed by atoms with van der Waals surface area (Å²) in [6.07, 6.45) is 3.14. The summed E-state index contributed by atoms with van der Waals surface area (Å²) in [5.74, 6) is 0.180. The van der Waals surface area contributed by atoms with Crippen LogP contribution in [0.25, 0.3) is 0 Å². The molecule has 1 aromatic heterocycles. The normalized spacial score (nSPS) is 22.0. The van der Waals surface area contributed by atoms with Gasteiger partial charge in [-0.05, 0) is 57.8 Å². The molecular weight excluding hydrogens is 346 g/mol. The van der Waals surface area contributed by atoms with E-state index in [2.05, 4.69) is 29.0 Å². The smallest absolute Gasteiger partial charge is 0.409 e. The number of hydrogen-bond acceptors (Lipinski definition) is 6. The highest BCUT2D eigenvalue weighted by molar-refractivity contribution is 5.90. The monoisotopic (exact) mass is 375 g/mol. The lowest BCUT2D eigenvalue weighted by molar-refractivity contribution is 0.0272. The first-order valence-electron chi connectivity index (χ1n) is 9.64. The van der Waals surface area contributed by atoms with Crippen LogP contribution in [0.5, 0.6) is 5.75 Å². The highest BCUT2D eigenvalue weighted by Gasteiger charge is 2.37. The Morgan fingerprint density at radius 2 is 2.00 bits per heavy atom. The topological polar surface area (TPSA) is 101 Å². The molecule has 3 N–H and O–H groups in total. The third kappa shape index (κ3) is 4.75. The number of carbonyl (C=O) groups excluding carboxylic acids is 2. The predicted octanol–water partition coefficient (Wildman–Crippen LogP) is 1.07. The summed E-state index contributed by atoms with van der Waals surface area (Å²) in [4.78, 5) is 32.2. The number of hydrogen-bond donors (Lipinski definition) is 2. The number of rotatable bonds is 4. The van der Waals surface area contributed by atoms with Crippen molar-refractivity contribution in [3.05, 3.63) is 24.0 Å². The van der Waals surface area contributed by atoms with E-state index in [4.69, 9.17) is 10.5 Å².